The van der Waals surface area contributed by atoms with Crippen LogP contribution in [0.3, 0.4) is 0 Å². The number of carbonyl (C=O) groups is 2. The smallest absolute Gasteiger partial charge is 0.341 e. The average Bonchev–Trinajstić information content (AvgIpc) is 2.37. The Morgan fingerprint density at radius 1 is 1.50 bits per heavy atom. The molecule has 0 radical (unpaired) electrons. The van der Waals surface area contributed by atoms with Gasteiger partial charge in [0, 0.05) is 10.2 Å². The van der Waals surface area contributed by atoms with Crippen LogP contribution in [0.15, 0.2) is 33.7 Å². The van der Waals surface area contributed by atoms with Crippen molar-refractivity contribution in [1.29, 1.82) is 0 Å². The molecule has 0 bridgehead atoms. The molecule has 20 heavy (non-hydrogen) atoms. The first-order chi connectivity index (χ1) is 9.52. The molecule has 1 aromatic carbocycles. The van der Waals surface area contributed by atoms with Crippen molar-refractivity contribution in [2.45, 2.75) is 19.9 Å². The first-order valence-electron chi connectivity index (χ1n) is 6.30. The van der Waals surface area contributed by atoms with E-state index in [0.29, 0.717) is 12.3 Å². The lowest BCUT2D eigenvalue weighted by Crippen LogP contribution is -2.44. The Labute approximate surface area is 125 Å². The van der Waals surface area contributed by atoms with Gasteiger partial charge in [0.05, 0.1) is 12.6 Å². The summed E-state index contributed by atoms with van der Waals surface area (Å²) in [6.45, 7) is 3.72. The molecule has 2 atom stereocenters. The quantitative estimate of drug-likeness (QED) is 0.861. The molecule has 2 amide bonds. The highest BCUT2D eigenvalue weighted by molar-refractivity contribution is 9.10. The molecule has 0 aromatic heterocycles. The highest BCUT2D eigenvalue weighted by Crippen LogP contribution is 2.29. The minimum atomic E-state index is -0.595. The number of carbonyl (C=O) groups excluding carboxylic acids is 2. The van der Waals surface area contributed by atoms with Crippen molar-refractivity contribution in [1.82, 2.24) is 5.32 Å². The van der Waals surface area contributed by atoms with Gasteiger partial charge in [-0.3, -0.25) is 4.79 Å². The van der Waals surface area contributed by atoms with E-state index in [9.17, 15) is 9.59 Å². The van der Waals surface area contributed by atoms with Gasteiger partial charge in [-0.2, -0.15) is 0 Å². The van der Waals surface area contributed by atoms with Gasteiger partial charge in [0.25, 0.3) is 0 Å². The number of halogens is 1. The molecular formula is C14H15BrN2O3. The molecule has 6 heteroatoms. The Morgan fingerprint density at radius 2 is 2.25 bits per heavy atom. The monoisotopic (exact) mass is 338 g/mol. The van der Waals surface area contributed by atoms with Gasteiger partial charge >= 0.3 is 12.0 Å². The molecular weight excluding hydrogens is 324 g/mol. The summed E-state index contributed by atoms with van der Waals surface area (Å²) in [6.07, 6.45) is 0. The normalized spacial score (nSPS) is 21.9. The van der Waals surface area contributed by atoms with Crippen molar-refractivity contribution in [3.8, 4) is 0 Å². The Bertz CT molecular complexity index is 571. The summed E-state index contributed by atoms with van der Waals surface area (Å²) in [6, 6.07) is 6.57. The number of aliphatic imine (C=N–C) groups is 1. The summed E-state index contributed by atoms with van der Waals surface area (Å²) in [7, 11) is 0. The fourth-order valence-corrected chi connectivity index (χ4v) is 2.65. The van der Waals surface area contributed by atoms with E-state index in [4.69, 9.17) is 4.74 Å². The standard InChI is InChI=1S/C14H15BrN2O3/c1-3-20-13(18)11-8(2)16-14(19)17-12(11)9-5-4-6-10(15)7-9/h4-7,11-12H,3H2,1-2H3,(H,17,19). The van der Waals surface area contributed by atoms with Crippen molar-refractivity contribution in [3.63, 3.8) is 0 Å². The third-order valence-corrected chi connectivity index (χ3v) is 3.58. The summed E-state index contributed by atoms with van der Waals surface area (Å²) < 4.78 is 5.97. The number of nitrogens with zero attached hydrogens (tertiary/aromatic N) is 1. The van der Waals surface area contributed by atoms with Crippen LogP contribution in [0, 0.1) is 5.92 Å². The summed E-state index contributed by atoms with van der Waals surface area (Å²) in [5, 5.41) is 2.73. The molecule has 0 spiro atoms. The first kappa shape index (κ1) is 14.7. The molecule has 1 aliphatic rings. The van der Waals surface area contributed by atoms with Gasteiger partial charge in [-0.1, -0.05) is 28.1 Å². The SMILES string of the molecule is CCOC(=O)C1C(C)=NC(=O)NC1c1cccc(Br)c1. The van der Waals surface area contributed by atoms with E-state index in [0.717, 1.165) is 10.0 Å². The van der Waals surface area contributed by atoms with Gasteiger partial charge in [0.2, 0.25) is 0 Å². The number of nitrogens with one attached hydrogen (secondary N) is 1. The molecule has 0 saturated heterocycles. The molecule has 106 valence electrons. The van der Waals surface area contributed by atoms with Crippen LogP contribution in [-0.2, 0) is 9.53 Å². The number of esters is 1. The van der Waals surface area contributed by atoms with Crippen LogP contribution in [0.25, 0.3) is 0 Å². The highest BCUT2D eigenvalue weighted by Gasteiger charge is 2.37. The van der Waals surface area contributed by atoms with Crippen molar-refractivity contribution < 1.29 is 14.3 Å². The molecule has 1 aromatic rings. The first-order valence-corrected chi connectivity index (χ1v) is 7.10. The number of ether oxygens (including phenoxy) is 1. The molecule has 0 fully saturated rings. The van der Waals surface area contributed by atoms with Crippen LogP contribution in [-0.4, -0.2) is 24.3 Å². The zero-order valence-corrected chi connectivity index (χ0v) is 12.8. The summed E-state index contributed by atoms with van der Waals surface area (Å²) in [4.78, 5) is 27.5. The molecule has 0 saturated carbocycles. The van der Waals surface area contributed by atoms with Gasteiger partial charge in [0.15, 0.2) is 0 Å². The van der Waals surface area contributed by atoms with E-state index in [-0.39, 0.29) is 5.97 Å². The lowest BCUT2D eigenvalue weighted by Gasteiger charge is -2.29. The second-order valence-corrected chi connectivity index (χ2v) is 5.38. The van der Waals surface area contributed by atoms with Gasteiger partial charge in [-0.05, 0) is 31.5 Å². The van der Waals surface area contributed by atoms with Crippen LogP contribution in [0.5, 0.6) is 0 Å². The lowest BCUT2D eigenvalue weighted by atomic mass is 9.88. The van der Waals surface area contributed by atoms with Crippen molar-refractivity contribution >= 4 is 33.6 Å². The predicted octanol–water partition coefficient (Wildman–Crippen LogP) is 2.85. The van der Waals surface area contributed by atoms with Crippen molar-refractivity contribution in [3.05, 3.63) is 34.3 Å². The van der Waals surface area contributed by atoms with Crippen LogP contribution >= 0.6 is 15.9 Å². The Morgan fingerprint density at radius 3 is 2.90 bits per heavy atom. The average molecular weight is 339 g/mol. The molecule has 1 heterocycles. The molecule has 2 rings (SSSR count). The van der Waals surface area contributed by atoms with Crippen LogP contribution in [0.2, 0.25) is 0 Å². The lowest BCUT2D eigenvalue weighted by molar-refractivity contribution is -0.146. The minimum Gasteiger partial charge on any atom is -0.465 e. The van der Waals surface area contributed by atoms with Gasteiger partial charge in [-0.25, -0.2) is 9.79 Å². The van der Waals surface area contributed by atoms with Crippen LogP contribution < -0.4 is 5.32 Å². The van der Waals surface area contributed by atoms with E-state index in [1.54, 1.807) is 13.8 Å². The Hall–Kier alpha value is -1.69. The Balaban J connectivity index is 2.40. The topological polar surface area (TPSA) is 67.8 Å². The van der Waals surface area contributed by atoms with Gasteiger partial charge in [-0.15, -0.1) is 0 Å². The van der Waals surface area contributed by atoms with E-state index in [1.165, 1.54) is 0 Å². The number of rotatable bonds is 3. The number of urea groups is 1. The second-order valence-electron chi connectivity index (χ2n) is 4.47. The second kappa shape index (κ2) is 6.17. The third-order valence-electron chi connectivity index (χ3n) is 3.09. The maximum atomic E-state index is 12.1. The highest BCUT2D eigenvalue weighted by atomic mass is 79.9. The third kappa shape index (κ3) is 3.07. The van der Waals surface area contributed by atoms with E-state index in [2.05, 4.69) is 26.2 Å². The van der Waals surface area contributed by atoms with E-state index >= 15 is 0 Å². The summed E-state index contributed by atoms with van der Waals surface area (Å²) in [5.41, 5.74) is 1.30. The predicted molar refractivity (Wildman–Crippen MR) is 78.6 cm³/mol. The number of amides is 2. The molecule has 0 aliphatic carbocycles. The molecule has 1 N–H and O–H groups in total. The van der Waals surface area contributed by atoms with Gasteiger partial charge in [0.1, 0.15) is 5.92 Å². The van der Waals surface area contributed by atoms with Gasteiger partial charge < -0.3 is 10.1 Å². The minimum absolute atomic E-state index is 0.293. The van der Waals surface area contributed by atoms with E-state index < -0.39 is 18.0 Å². The fraction of sp³-hybridized carbons (Fsp3) is 0.357. The molecule has 5 nitrogen and oxygen atoms in total. The van der Waals surface area contributed by atoms with Crippen LogP contribution in [0.1, 0.15) is 25.5 Å². The molecule has 2 unspecified atom stereocenters. The number of hydrogen-bond acceptors (Lipinski definition) is 3. The van der Waals surface area contributed by atoms with E-state index in [1.807, 2.05) is 24.3 Å². The summed E-state index contributed by atoms with van der Waals surface area (Å²) >= 11 is 3.39. The fourth-order valence-electron chi connectivity index (χ4n) is 2.23. The van der Waals surface area contributed by atoms with Crippen LogP contribution in [0.4, 0.5) is 4.79 Å². The molecule has 1 aliphatic heterocycles. The number of hydrogen-bond donors (Lipinski definition) is 1. The maximum absolute atomic E-state index is 12.1. The zero-order chi connectivity index (χ0) is 14.7. The summed E-state index contributed by atoms with van der Waals surface area (Å²) in [5.74, 6) is -0.972. The maximum Gasteiger partial charge on any atom is 0.341 e. The number of benzene rings is 1. The van der Waals surface area contributed by atoms with Crippen molar-refractivity contribution in [2.75, 3.05) is 6.61 Å². The van der Waals surface area contributed by atoms with Crippen molar-refractivity contribution in [2.24, 2.45) is 10.9 Å². The Kier molecular flexibility index (Phi) is 4.54. The zero-order valence-electron chi connectivity index (χ0n) is 11.2. The largest absolute Gasteiger partial charge is 0.465 e.